The molecule has 4 rings (SSSR count). The van der Waals surface area contributed by atoms with Crippen LogP contribution in [0.1, 0.15) is 17.4 Å². The minimum atomic E-state index is 0.383. The van der Waals surface area contributed by atoms with Gasteiger partial charge in [-0.3, -0.25) is 4.90 Å². The fraction of sp³-hybridized carbons (Fsp3) is 0.357. The Kier molecular flexibility index (Phi) is 2.02. The first kappa shape index (κ1) is 10.1. The van der Waals surface area contributed by atoms with Crippen molar-refractivity contribution in [1.29, 1.82) is 0 Å². The monoisotopic (exact) mass is 240 g/mol. The first-order valence-corrected chi connectivity index (χ1v) is 6.37. The fourth-order valence-electron chi connectivity index (χ4n) is 3.14. The van der Waals surface area contributed by atoms with Gasteiger partial charge in [-0.25, -0.2) is 4.98 Å². The molecule has 0 saturated carbocycles. The SMILES string of the molecule is CN1CC2c3nccn3Cc3ccccc3N2C1. The molecule has 4 heteroatoms. The van der Waals surface area contributed by atoms with Crippen molar-refractivity contribution in [3.8, 4) is 0 Å². The molecule has 2 aromatic rings. The molecule has 2 aliphatic rings. The zero-order valence-corrected chi connectivity index (χ0v) is 10.5. The number of aromatic nitrogens is 2. The van der Waals surface area contributed by atoms with E-state index in [0.717, 1.165) is 19.8 Å². The van der Waals surface area contributed by atoms with Crippen LogP contribution < -0.4 is 4.90 Å². The molecule has 1 unspecified atom stereocenters. The Morgan fingerprint density at radius 2 is 2.17 bits per heavy atom. The van der Waals surface area contributed by atoms with E-state index in [1.54, 1.807) is 0 Å². The van der Waals surface area contributed by atoms with E-state index in [0.29, 0.717) is 6.04 Å². The lowest BCUT2D eigenvalue weighted by Crippen LogP contribution is -2.25. The summed E-state index contributed by atoms with van der Waals surface area (Å²) in [6.07, 6.45) is 4.01. The van der Waals surface area contributed by atoms with E-state index in [-0.39, 0.29) is 0 Å². The van der Waals surface area contributed by atoms with Crippen molar-refractivity contribution in [3.05, 3.63) is 48.0 Å². The summed E-state index contributed by atoms with van der Waals surface area (Å²) in [5, 5.41) is 0. The molecule has 3 heterocycles. The van der Waals surface area contributed by atoms with Crippen molar-refractivity contribution in [1.82, 2.24) is 14.5 Å². The lowest BCUT2D eigenvalue weighted by atomic mass is 10.1. The molecule has 0 amide bonds. The maximum absolute atomic E-state index is 4.57. The Morgan fingerprint density at radius 3 is 3.11 bits per heavy atom. The number of likely N-dealkylation sites (N-methyl/N-ethyl adjacent to an activating group) is 1. The second kappa shape index (κ2) is 3.59. The van der Waals surface area contributed by atoms with Gasteiger partial charge in [-0.2, -0.15) is 0 Å². The van der Waals surface area contributed by atoms with Gasteiger partial charge in [0.2, 0.25) is 0 Å². The zero-order chi connectivity index (χ0) is 12.1. The Labute approximate surface area is 106 Å². The molecule has 4 nitrogen and oxygen atoms in total. The van der Waals surface area contributed by atoms with Crippen molar-refractivity contribution >= 4 is 5.69 Å². The molecule has 1 aromatic heterocycles. The molecule has 2 aliphatic heterocycles. The van der Waals surface area contributed by atoms with Gasteiger partial charge < -0.3 is 9.47 Å². The van der Waals surface area contributed by atoms with Crippen LogP contribution in [0, 0.1) is 0 Å². The molecule has 18 heavy (non-hydrogen) atoms. The number of para-hydroxylation sites is 1. The lowest BCUT2D eigenvalue weighted by Gasteiger charge is -2.24. The van der Waals surface area contributed by atoms with Gasteiger partial charge in [0.15, 0.2) is 0 Å². The minimum Gasteiger partial charge on any atom is -0.347 e. The van der Waals surface area contributed by atoms with Crippen LogP contribution in [0.2, 0.25) is 0 Å². The molecule has 1 saturated heterocycles. The van der Waals surface area contributed by atoms with Crippen LogP contribution in [0.3, 0.4) is 0 Å². The van der Waals surface area contributed by atoms with Crippen molar-refractivity contribution in [2.45, 2.75) is 12.6 Å². The number of hydrogen-bond donors (Lipinski definition) is 0. The molecule has 0 bridgehead atoms. The Balaban J connectivity index is 1.92. The number of imidazole rings is 1. The molecule has 0 aliphatic carbocycles. The highest BCUT2D eigenvalue weighted by Gasteiger charge is 2.35. The largest absolute Gasteiger partial charge is 0.347 e. The first-order valence-electron chi connectivity index (χ1n) is 6.37. The smallest absolute Gasteiger partial charge is 0.133 e. The molecular formula is C14H16N4. The van der Waals surface area contributed by atoms with Crippen LogP contribution in [0.4, 0.5) is 5.69 Å². The molecule has 92 valence electrons. The van der Waals surface area contributed by atoms with Crippen molar-refractivity contribution in [2.24, 2.45) is 0 Å². The summed E-state index contributed by atoms with van der Waals surface area (Å²) in [4.78, 5) is 9.40. The summed E-state index contributed by atoms with van der Waals surface area (Å²) >= 11 is 0. The number of benzene rings is 1. The predicted molar refractivity (Wildman–Crippen MR) is 70.5 cm³/mol. The minimum absolute atomic E-state index is 0.383. The van der Waals surface area contributed by atoms with E-state index >= 15 is 0 Å². The number of fused-ring (bicyclic) bond motifs is 5. The van der Waals surface area contributed by atoms with Crippen molar-refractivity contribution in [3.63, 3.8) is 0 Å². The molecule has 0 radical (unpaired) electrons. The topological polar surface area (TPSA) is 24.3 Å². The highest BCUT2D eigenvalue weighted by Crippen LogP contribution is 2.36. The molecule has 1 atom stereocenters. The summed E-state index contributed by atoms with van der Waals surface area (Å²) < 4.78 is 2.28. The van der Waals surface area contributed by atoms with Gasteiger partial charge in [0, 0.05) is 24.6 Å². The molecule has 1 fully saturated rings. The van der Waals surface area contributed by atoms with Crippen LogP contribution >= 0.6 is 0 Å². The van der Waals surface area contributed by atoms with Gasteiger partial charge in [0.05, 0.1) is 13.2 Å². The summed E-state index contributed by atoms with van der Waals surface area (Å²) in [5.74, 6) is 1.19. The molecule has 0 N–H and O–H groups in total. The number of anilines is 1. The molecule has 0 spiro atoms. The number of nitrogens with zero attached hydrogens (tertiary/aromatic N) is 4. The second-order valence-electron chi connectivity index (χ2n) is 5.21. The van der Waals surface area contributed by atoms with Crippen LogP contribution in [-0.4, -0.2) is 34.7 Å². The van der Waals surface area contributed by atoms with Gasteiger partial charge in [-0.1, -0.05) is 18.2 Å². The van der Waals surface area contributed by atoms with Gasteiger partial charge in [0.25, 0.3) is 0 Å². The number of hydrogen-bond acceptors (Lipinski definition) is 3. The standard InChI is InChI=1S/C14H16N4/c1-16-9-13-14-15-6-7-17(14)8-11-4-2-3-5-12(11)18(13)10-16/h2-7,13H,8-10H2,1H3. The van der Waals surface area contributed by atoms with E-state index in [2.05, 4.69) is 56.9 Å². The highest BCUT2D eigenvalue weighted by atomic mass is 15.4. The average molecular weight is 240 g/mol. The fourth-order valence-corrected chi connectivity index (χ4v) is 3.14. The molecular weight excluding hydrogens is 224 g/mol. The van der Waals surface area contributed by atoms with Gasteiger partial charge in [0.1, 0.15) is 11.9 Å². The van der Waals surface area contributed by atoms with Crippen molar-refractivity contribution in [2.75, 3.05) is 25.2 Å². The highest BCUT2D eigenvalue weighted by molar-refractivity contribution is 5.57. The maximum atomic E-state index is 4.57. The van der Waals surface area contributed by atoms with Crippen LogP contribution in [-0.2, 0) is 6.54 Å². The van der Waals surface area contributed by atoms with Crippen LogP contribution in [0.5, 0.6) is 0 Å². The summed E-state index contributed by atoms with van der Waals surface area (Å²) in [6.45, 7) is 2.96. The summed E-state index contributed by atoms with van der Waals surface area (Å²) in [7, 11) is 2.17. The van der Waals surface area contributed by atoms with E-state index in [1.807, 2.05) is 6.20 Å². The Morgan fingerprint density at radius 1 is 1.28 bits per heavy atom. The summed E-state index contributed by atoms with van der Waals surface area (Å²) in [5.41, 5.74) is 2.74. The quantitative estimate of drug-likeness (QED) is 0.700. The first-order chi connectivity index (χ1) is 8.83. The third-order valence-corrected chi connectivity index (χ3v) is 3.94. The lowest BCUT2D eigenvalue weighted by molar-refractivity contribution is 0.407. The normalized spacial score (nSPS) is 22.3. The van der Waals surface area contributed by atoms with Gasteiger partial charge >= 0.3 is 0 Å². The average Bonchev–Trinajstić information content (AvgIpc) is 2.94. The predicted octanol–water partition coefficient (Wildman–Crippen LogP) is 1.70. The van der Waals surface area contributed by atoms with Gasteiger partial charge in [-0.05, 0) is 18.7 Å². The maximum Gasteiger partial charge on any atom is 0.133 e. The van der Waals surface area contributed by atoms with E-state index < -0.39 is 0 Å². The summed E-state index contributed by atoms with van der Waals surface area (Å²) in [6, 6.07) is 9.08. The Bertz CT molecular complexity index is 589. The molecule has 1 aromatic carbocycles. The van der Waals surface area contributed by atoms with E-state index in [1.165, 1.54) is 17.1 Å². The van der Waals surface area contributed by atoms with Crippen LogP contribution in [0.15, 0.2) is 36.7 Å². The van der Waals surface area contributed by atoms with E-state index in [4.69, 9.17) is 0 Å². The van der Waals surface area contributed by atoms with Crippen molar-refractivity contribution < 1.29 is 0 Å². The van der Waals surface area contributed by atoms with Gasteiger partial charge in [-0.15, -0.1) is 0 Å². The van der Waals surface area contributed by atoms with E-state index in [9.17, 15) is 0 Å². The zero-order valence-electron chi connectivity index (χ0n) is 10.5. The Hall–Kier alpha value is -1.81. The third-order valence-electron chi connectivity index (χ3n) is 3.94. The number of rotatable bonds is 0. The van der Waals surface area contributed by atoms with Crippen LogP contribution in [0.25, 0.3) is 0 Å². The third kappa shape index (κ3) is 1.32. The second-order valence-corrected chi connectivity index (χ2v) is 5.21.